The predicted molar refractivity (Wildman–Crippen MR) is 127 cm³/mol. The van der Waals surface area contributed by atoms with Gasteiger partial charge in [0.2, 0.25) is 15.2 Å². The van der Waals surface area contributed by atoms with Gasteiger partial charge in [0.1, 0.15) is 11.6 Å². The second-order valence-electron chi connectivity index (χ2n) is 8.11. The number of hydrogen-bond donors (Lipinski definition) is 1. The normalized spacial score (nSPS) is 15.1. The molecule has 0 atom stereocenters. The van der Waals surface area contributed by atoms with Gasteiger partial charge in [0.05, 0.1) is 12.0 Å². The first-order valence-corrected chi connectivity index (χ1v) is 13.0. The monoisotopic (exact) mass is 472 g/mol. The lowest BCUT2D eigenvalue weighted by atomic mass is 9.97. The molecule has 1 aromatic heterocycles. The lowest BCUT2D eigenvalue weighted by Crippen LogP contribution is -2.38. The Bertz CT molecular complexity index is 1120. The first kappa shape index (κ1) is 22.7. The maximum atomic E-state index is 12.6. The van der Waals surface area contributed by atoms with Crippen molar-refractivity contribution in [2.75, 3.05) is 31.6 Å². The van der Waals surface area contributed by atoms with Crippen molar-refractivity contribution in [3.05, 3.63) is 65.5 Å². The van der Waals surface area contributed by atoms with E-state index in [1.165, 1.54) is 22.7 Å². The van der Waals surface area contributed by atoms with Gasteiger partial charge >= 0.3 is 0 Å². The van der Waals surface area contributed by atoms with Crippen LogP contribution in [0.3, 0.4) is 0 Å². The molecule has 2 aromatic carbocycles. The van der Waals surface area contributed by atoms with Gasteiger partial charge in [-0.2, -0.15) is 4.37 Å². The molecule has 0 radical (unpaired) electrons. The number of rotatable bonds is 8. The van der Waals surface area contributed by atoms with Gasteiger partial charge in [-0.1, -0.05) is 29.8 Å². The fourth-order valence-corrected chi connectivity index (χ4v) is 5.58. The predicted octanol–water partition coefficient (Wildman–Crippen LogP) is 3.64. The van der Waals surface area contributed by atoms with Crippen LogP contribution in [-0.4, -0.2) is 44.5 Å². The lowest BCUT2D eigenvalue weighted by Gasteiger charge is -2.31. The summed E-state index contributed by atoms with van der Waals surface area (Å²) in [5.74, 6) is 1.79. The van der Waals surface area contributed by atoms with Crippen LogP contribution < -0.4 is 14.4 Å². The van der Waals surface area contributed by atoms with Crippen LogP contribution in [0.1, 0.15) is 29.8 Å². The Labute approximate surface area is 193 Å². The number of benzene rings is 2. The quantitative estimate of drug-likeness (QED) is 0.539. The molecule has 0 saturated carbocycles. The van der Waals surface area contributed by atoms with E-state index in [-0.39, 0.29) is 4.90 Å². The van der Waals surface area contributed by atoms with Crippen molar-refractivity contribution in [2.24, 2.45) is 5.92 Å². The van der Waals surface area contributed by atoms with E-state index in [0.29, 0.717) is 18.2 Å². The second kappa shape index (κ2) is 9.97. The van der Waals surface area contributed by atoms with Gasteiger partial charge in [0.15, 0.2) is 0 Å². The molecule has 1 fully saturated rings. The molecule has 1 N–H and O–H groups in total. The van der Waals surface area contributed by atoms with Crippen LogP contribution in [0.5, 0.6) is 5.75 Å². The zero-order valence-corrected chi connectivity index (χ0v) is 20.0. The van der Waals surface area contributed by atoms with E-state index in [1.807, 2.05) is 0 Å². The van der Waals surface area contributed by atoms with Crippen LogP contribution in [0.25, 0.3) is 0 Å². The highest BCUT2D eigenvalue weighted by molar-refractivity contribution is 7.89. The molecule has 0 unspecified atom stereocenters. The molecular formula is C23H28N4O3S2. The zero-order chi connectivity index (χ0) is 22.6. The summed E-state index contributed by atoms with van der Waals surface area (Å²) < 4.78 is 37.5. The number of methoxy groups -OCH3 is 1. The summed E-state index contributed by atoms with van der Waals surface area (Å²) in [5, 5.41) is 0.948. The van der Waals surface area contributed by atoms with Crippen LogP contribution >= 0.6 is 11.5 Å². The van der Waals surface area contributed by atoms with Crippen LogP contribution in [0, 0.1) is 12.8 Å². The van der Waals surface area contributed by atoms with E-state index in [2.05, 4.69) is 45.2 Å². The van der Waals surface area contributed by atoms with Crippen molar-refractivity contribution in [3.63, 3.8) is 0 Å². The van der Waals surface area contributed by atoms with E-state index < -0.39 is 10.0 Å². The van der Waals surface area contributed by atoms with Crippen molar-refractivity contribution in [1.82, 2.24) is 14.1 Å². The molecule has 3 aromatic rings. The van der Waals surface area contributed by atoms with Gasteiger partial charge in [0, 0.05) is 37.6 Å². The number of aryl methyl sites for hydroxylation is 1. The SMILES string of the molecule is COc1ccc(S(=O)(=O)NCC2CCN(c3nc(Cc4ccc(C)cc4)ns3)CC2)cc1. The van der Waals surface area contributed by atoms with Crippen LogP contribution in [0.2, 0.25) is 0 Å². The summed E-state index contributed by atoms with van der Waals surface area (Å²) >= 11 is 1.44. The molecule has 0 aliphatic carbocycles. The lowest BCUT2D eigenvalue weighted by molar-refractivity contribution is 0.401. The van der Waals surface area contributed by atoms with Crippen molar-refractivity contribution in [3.8, 4) is 5.75 Å². The molecule has 32 heavy (non-hydrogen) atoms. The fourth-order valence-electron chi connectivity index (χ4n) is 3.73. The highest BCUT2D eigenvalue weighted by atomic mass is 32.2. The molecule has 7 nitrogen and oxygen atoms in total. The molecule has 0 bridgehead atoms. The minimum Gasteiger partial charge on any atom is -0.497 e. The molecule has 1 aliphatic heterocycles. The molecule has 9 heteroatoms. The largest absolute Gasteiger partial charge is 0.497 e. The van der Waals surface area contributed by atoms with Crippen molar-refractivity contribution < 1.29 is 13.2 Å². The fraction of sp³-hybridized carbons (Fsp3) is 0.391. The number of hydrogen-bond acceptors (Lipinski definition) is 7. The third-order valence-corrected chi connectivity index (χ3v) is 8.01. The van der Waals surface area contributed by atoms with E-state index in [9.17, 15) is 8.42 Å². The van der Waals surface area contributed by atoms with E-state index >= 15 is 0 Å². The van der Waals surface area contributed by atoms with Gasteiger partial charge in [-0.25, -0.2) is 18.1 Å². The summed E-state index contributed by atoms with van der Waals surface area (Å²) in [5.41, 5.74) is 2.46. The first-order chi connectivity index (χ1) is 15.4. The number of nitrogens with zero attached hydrogens (tertiary/aromatic N) is 3. The summed E-state index contributed by atoms with van der Waals surface area (Å²) in [6.07, 6.45) is 2.57. The van der Waals surface area contributed by atoms with Crippen LogP contribution in [-0.2, 0) is 16.4 Å². The molecule has 0 amide bonds. The summed E-state index contributed by atoms with van der Waals surface area (Å²) in [6, 6.07) is 14.9. The van der Waals surface area contributed by atoms with Gasteiger partial charge in [-0.3, -0.25) is 0 Å². The number of anilines is 1. The zero-order valence-electron chi connectivity index (χ0n) is 18.3. The standard InChI is InChI=1S/C23H28N4O3S2/c1-17-3-5-18(6-4-17)15-22-25-23(31-26-22)27-13-11-19(12-14-27)16-24-32(28,29)21-9-7-20(30-2)8-10-21/h3-10,19,24H,11-16H2,1-2H3. The van der Waals surface area contributed by atoms with Crippen LogP contribution in [0.15, 0.2) is 53.4 Å². The number of aromatic nitrogens is 2. The smallest absolute Gasteiger partial charge is 0.240 e. The molecule has 170 valence electrons. The molecule has 2 heterocycles. The maximum Gasteiger partial charge on any atom is 0.240 e. The van der Waals surface area contributed by atoms with Crippen LogP contribution in [0.4, 0.5) is 5.13 Å². The van der Waals surface area contributed by atoms with Gasteiger partial charge in [0.25, 0.3) is 0 Å². The summed E-state index contributed by atoms with van der Waals surface area (Å²) in [4.78, 5) is 7.24. The summed E-state index contributed by atoms with van der Waals surface area (Å²) in [7, 11) is -1.96. The van der Waals surface area contributed by atoms with E-state index in [0.717, 1.165) is 43.3 Å². The number of sulfonamides is 1. The molecule has 1 saturated heterocycles. The Morgan fingerprint density at radius 3 is 2.44 bits per heavy atom. The third kappa shape index (κ3) is 5.65. The van der Waals surface area contributed by atoms with Gasteiger partial charge in [-0.05, 0) is 55.5 Å². The maximum absolute atomic E-state index is 12.6. The Morgan fingerprint density at radius 2 is 1.78 bits per heavy atom. The molecular weight excluding hydrogens is 444 g/mol. The number of ether oxygens (including phenoxy) is 1. The Morgan fingerprint density at radius 1 is 1.09 bits per heavy atom. The minimum atomic E-state index is -3.52. The summed E-state index contributed by atoms with van der Waals surface area (Å²) in [6.45, 7) is 4.23. The molecule has 0 spiro atoms. The Hall–Kier alpha value is -2.49. The Kier molecular flexibility index (Phi) is 7.07. The van der Waals surface area contributed by atoms with E-state index in [4.69, 9.17) is 9.72 Å². The van der Waals surface area contributed by atoms with Crippen molar-refractivity contribution in [2.45, 2.75) is 31.1 Å². The average molecular weight is 473 g/mol. The highest BCUT2D eigenvalue weighted by Crippen LogP contribution is 2.25. The van der Waals surface area contributed by atoms with Gasteiger partial charge < -0.3 is 9.64 Å². The third-order valence-electron chi connectivity index (χ3n) is 5.76. The van der Waals surface area contributed by atoms with E-state index in [1.54, 1.807) is 31.4 Å². The topological polar surface area (TPSA) is 84.4 Å². The number of nitrogens with one attached hydrogen (secondary N) is 1. The average Bonchev–Trinajstić information content (AvgIpc) is 3.28. The van der Waals surface area contributed by atoms with Crippen molar-refractivity contribution >= 4 is 26.7 Å². The minimum absolute atomic E-state index is 0.255. The Balaban J connectivity index is 1.27. The number of piperidine rings is 1. The second-order valence-corrected chi connectivity index (χ2v) is 10.6. The first-order valence-electron chi connectivity index (χ1n) is 10.7. The van der Waals surface area contributed by atoms with Crippen molar-refractivity contribution in [1.29, 1.82) is 0 Å². The van der Waals surface area contributed by atoms with Gasteiger partial charge in [-0.15, -0.1) is 0 Å². The molecule has 1 aliphatic rings. The molecule has 4 rings (SSSR count). The highest BCUT2D eigenvalue weighted by Gasteiger charge is 2.24.